The van der Waals surface area contributed by atoms with Crippen molar-refractivity contribution in [3.8, 4) is 0 Å². The molecule has 0 aliphatic heterocycles. The molecule has 0 amide bonds. The summed E-state index contributed by atoms with van der Waals surface area (Å²) in [5.41, 5.74) is 0. The molecule has 0 aromatic rings. The summed E-state index contributed by atoms with van der Waals surface area (Å²) in [5, 5.41) is 0. The fraction of sp³-hybridized carbons (Fsp3) is 0.667. The van der Waals surface area contributed by atoms with E-state index < -0.39 is 79.8 Å². The lowest BCUT2D eigenvalue weighted by molar-refractivity contribution is -0.165. The van der Waals surface area contributed by atoms with Gasteiger partial charge in [-0.2, -0.15) is 0 Å². The number of rotatable bonds is 18. The SMILES string of the molecule is CC(=O)CC(=O)OC(C)CC(=O)OCC[C@@H](COC(=O)CC(C)OC(=O)CC(C)=O)OC(=O)CC(C)=O. The van der Waals surface area contributed by atoms with Crippen LogP contribution < -0.4 is 0 Å². The van der Waals surface area contributed by atoms with E-state index in [2.05, 4.69) is 0 Å². The number of carbonyl (C=O) groups excluding carboxylic acids is 8. The molecule has 0 rings (SSSR count). The second-order valence-corrected chi connectivity index (χ2v) is 8.45. The van der Waals surface area contributed by atoms with Crippen LogP contribution in [0.2, 0.25) is 0 Å². The van der Waals surface area contributed by atoms with Crippen molar-refractivity contribution in [2.75, 3.05) is 13.2 Å². The maximum atomic E-state index is 12.1. The molecule has 0 heterocycles. The molecular weight excluding hydrogens is 496 g/mol. The smallest absolute Gasteiger partial charge is 0.313 e. The number of ether oxygens (including phenoxy) is 5. The van der Waals surface area contributed by atoms with Gasteiger partial charge in [-0.15, -0.1) is 0 Å². The topological polar surface area (TPSA) is 183 Å². The highest BCUT2D eigenvalue weighted by molar-refractivity contribution is 5.95. The highest BCUT2D eigenvalue weighted by Gasteiger charge is 2.22. The van der Waals surface area contributed by atoms with Gasteiger partial charge in [0.1, 0.15) is 61.5 Å². The summed E-state index contributed by atoms with van der Waals surface area (Å²) < 4.78 is 25.1. The molecule has 37 heavy (non-hydrogen) atoms. The zero-order chi connectivity index (χ0) is 28.5. The number of Topliss-reactive ketones (excluding diaryl/α,β-unsaturated/α-hetero) is 3. The lowest BCUT2D eigenvalue weighted by Gasteiger charge is -2.19. The van der Waals surface area contributed by atoms with Crippen LogP contribution in [0.5, 0.6) is 0 Å². The van der Waals surface area contributed by atoms with Gasteiger partial charge in [0.15, 0.2) is 0 Å². The zero-order valence-electron chi connectivity index (χ0n) is 21.7. The van der Waals surface area contributed by atoms with Gasteiger partial charge >= 0.3 is 29.8 Å². The van der Waals surface area contributed by atoms with E-state index in [1.807, 2.05) is 0 Å². The predicted octanol–water partition coefficient (Wildman–Crippen LogP) is 0.956. The van der Waals surface area contributed by atoms with Gasteiger partial charge < -0.3 is 23.7 Å². The van der Waals surface area contributed by atoms with Crippen LogP contribution in [0.1, 0.15) is 73.1 Å². The third-order valence-electron chi connectivity index (χ3n) is 4.18. The summed E-state index contributed by atoms with van der Waals surface area (Å²) in [7, 11) is 0. The van der Waals surface area contributed by atoms with Gasteiger partial charge in [0, 0.05) is 6.42 Å². The Hall–Kier alpha value is -3.64. The van der Waals surface area contributed by atoms with Crippen LogP contribution in [0, 0.1) is 0 Å². The maximum absolute atomic E-state index is 12.1. The van der Waals surface area contributed by atoms with E-state index in [4.69, 9.17) is 23.7 Å². The molecule has 13 heteroatoms. The number of hydrogen-bond acceptors (Lipinski definition) is 13. The fourth-order valence-corrected chi connectivity index (χ4v) is 2.71. The molecule has 208 valence electrons. The van der Waals surface area contributed by atoms with Crippen LogP contribution in [-0.4, -0.2) is 78.7 Å². The van der Waals surface area contributed by atoms with Crippen molar-refractivity contribution in [3.05, 3.63) is 0 Å². The molecule has 0 radical (unpaired) electrons. The average molecular weight is 531 g/mol. The van der Waals surface area contributed by atoms with E-state index in [0.717, 1.165) is 0 Å². The highest BCUT2D eigenvalue weighted by atomic mass is 16.6. The second kappa shape index (κ2) is 17.7. The molecule has 0 bridgehead atoms. The average Bonchev–Trinajstić information content (AvgIpc) is 2.69. The van der Waals surface area contributed by atoms with Gasteiger partial charge in [-0.1, -0.05) is 0 Å². The lowest BCUT2D eigenvalue weighted by Crippen LogP contribution is -2.29. The van der Waals surface area contributed by atoms with Gasteiger partial charge in [-0.05, 0) is 34.6 Å². The minimum absolute atomic E-state index is 0.0790. The molecule has 0 spiro atoms. The quantitative estimate of drug-likeness (QED) is 0.139. The van der Waals surface area contributed by atoms with Gasteiger partial charge in [-0.3, -0.25) is 38.4 Å². The second-order valence-electron chi connectivity index (χ2n) is 8.45. The van der Waals surface area contributed by atoms with Crippen molar-refractivity contribution in [2.45, 2.75) is 91.5 Å². The Balaban J connectivity index is 4.71. The van der Waals surface area contributed by atoms with Crippen molar-refractivity contribution in [2.24, 2.45) is 0 Å². The van der Waals surface area contributed by atoms with E-state index in [-0.39, 0.29) is 37.4 Å². The summed E-state index contributed by atoms with van der Waals surface area (Å²) in [5.74, 6) is -5.14. The van der Waals surface area contributed by atoms with Crippen molar-refractivity contribution >= 4 is 47.2 Å². The maximum Gasteiger partial charge on any atom is 0.313 e. The summed E-state index contributed by atoms with van der Waals surface area (Å²) in [4.78, 5) is 91.9. The summed E-state index contributed by atoms with van der Waals surface area (Å²) in [6.07, 6.45) is -4.79. The van der Waals surface area contributed by atoms with Gasteiger partial charge in [-0.25, -0.2) is 0 Å². The lowest BCUT2D eigenvalue weighted by atomic mass is 10.2. The summed E-state index contributed by atoms with van der Waals surface area (Å²) >= 11 is 0. The standard InChI is InChI=1S/C24H34O13/c1-14(25)8-22(30)35-17(4)11-20(28)33-7-6-19(37-24(32)10-16(3)27)13-34-21(29)12-18(5)36-23(31)9-15(2)26/h17-19H,6-13H2,1-5H3/t17?,18?,19-/m0/s1. The Labute approximate surface area is 214 Å². The molecule has 0 aromatic carbocycles. The molecule has 0 fully saturated rings. The highest BCUT2D eigenvalue weighted by Crippen LogP contribution is 2.08. The Kier molecular flexibility index (Phi) is 16.0. The largest absolute Gasteiger partial charge is 0.465 e. The summed E-state index contributed by atoms with van der Waals surface area (Å²) in [6, 6.07) is 0. The first-order valence-corrected chi connectivity index (χ1v) is 11.6. The Bertz CT molecular complexity index is 861. The third kappa shape index (κ3) is 19.3. The molecule has 0 saturated heterocycles. The number of esters is 5. The van der Waals surface area contributed by atoms with E-state index >= 15 is 0 Å². The van der Waals surface area contributed by atoms with Crippen molar-refractivity contribution in [1.82, 2.24) is 0 Å². The van der Waals surface area contributed by atoms with E-state index in [9.17, 15) is 38.4 Å². The first kappa shape index (κ1) is 33.4. The Morgan fingerprint density at radius 2 is 0.919 bits per heavy atom. The molecule has 13 nitrogen and oxygen atoms in total. The van der Waals surface area contributed by atoms with Crippen LogP contribution in [0.4, 0.5) is 0 Å². The van der Waals surface area contributed by atoms with Crippen LogP contribution in [0.3, 0.4) is 0 Å². The van der Waals surface area contributed by atoms with Gasteiger partial charge in [0.2, 0.25) is 0 Å². The Morgan fingerprint density at radius 3 is 1.32 bits per heavy atom. The minimum Gasteiger partial charge on any atom is -0.465 e. The van der Waals surface area contributed by atoms with Crippen LogP contribution >= 0.6 is 0 Å². The third-order valence-corrected chi connectivity index (χ3v) is 4.18. The van der Waals surface area contributed by atoms with Crippen LogP contribution in [0.15, 0.2) is 0 Å². The van der Waals surface area contributed by atoms with Gasteiger partial charge in [0.25, 0.3) is 0 Å². The Morgan fingerprint density at radius 1 is 0.541 bits per heavy atom. The molecule has 3 atom stereocenters. The van der Waals surface area contributed by atoms with Gasteiger partial charge in [0.05, 0.1) is 19.4 Å². The molecule has 0 N–H and O–H groups in total. The normalized spacial score (nSPS) is 12.8. The van der Waals surface area contributed by atoms with Crippen molar-refractivity contribution in [3.63, 3.8) is 0 Å². The fourth-order valence-electron chi connectivity index (χ4n) is 2.71. The number of ketones is 3. The molecule has 0 aromatic heterocycles. The van der Waals surface area contributed by atoms with E-state index in [1.54, 1.807) is 0 Å². The van der Waals surface area contributed by atoms with Crippen molar-refractivity contribution in [1.29, 1.82) is 0 Å². The number of carbonyl (C=O) groups is 8. The first-order chi connectivity index (χ1) is 17.2. The van der Waals surface area contributed by atoms with Crippen LogP contribution in [0.25, 0.3) is 0 Å². The monoisotopic (exact) mass is 530 g/mol. The molecular formula is C24H34O13. The summed E-state index contributed by atoms with van der Waals surface area (Å²) in [6.45, 7) is 5.84. The number of hydrogen-bond donors (Lipinski definition) is 0. The molecule has 0 aliphatic carbocycles. The molecule has 2 unspecified atom stereocenters. The van der Waals surface area contributed by atoms with E-state index in [1.165, 1.54) is 34.6 Å². The van der Waals surface area contributed by atoms with Crippen LogP contribution in [-0.2, 0) is 62.0 Å². The molecule has 0 saturated carbocycles. The minimum atomic E-state index is -1.05. The van der Waals surface area contributed by atoms with E-state index in [0.29, 0.717) is 0 Å². The van der Waals surface area contributed by atoms with Crippen molar-refractivity contribution < 1.29 is 62.0 Å². The molecule has 0 aliphatic rings. The first-order valence-electron chi connectivity index (χ1n) is 11.6. The zero-order valence-corrected chi connectivity index (χ0v) is 21.7. The predicted molar refractivity (Wildman–Crippen MR) is 123 cm³/mol.